The molecule has 158 valence electrons. The van der Waals surface area contributed by atoms with Gasteiger partial charge in [-0.2, -0.15) is 0 Å². The summed E-state index contributed by atoms with van der Waals surface area (Å²) in [7, 11) is 3.71. The minimum atomic E-state index is 0.0170. The predicted molar refractivity (Wildman–Crippen MR) is 125 cm³/mol. The van der Waals surface area contributed by atoms with E-state index in [2.05, 4.69) is 29.1 Å². The number of nitrogens with one attached hydrogen (secondary N) is 1. The van der Waals surface area contributed by atoms with Crippen LogP contribution >= 0.6 is 0 Å². The normalized spacial score (nSPS) is 10.9. The second-order valence-electron chi connectivity index (χ2n) is 7.67. The molecule has 0 spiro atoms. The third-order valence-corrected chi connectivity index (χ3v) is 5.53. The lowest BCUT2D eigenvalue weighted by molar-refractivity contribution is -0.116. The van der Waals surface area contributed by atoms with Crippen molar-refractivity contribution in [3.05, 3.63) is 89.7 Å². The van der Waals surface area contributed by atoms with E-state index in [0.717, 1.165) is 46.7 Å². The van der Waals surface area contributed by atoms with E-state index in [1.807, 2.05) is 60.7 Å². The van der Waals surface area contributed by atoms with Gasteiger partial charge in [-0.25, -0.2) is 4.98 Å². The Bertz CT molecular complexity index is 1180. The van der Waals surface area contributed by atoms with E-state index in [4.69, 9.17) is 9.72 Å². The van der Waals surface area contributed by atoms with E-state index in [0.29, 0.717) is 12.8 Å². The van der Waals surface area contributed by atoms with Gasteiger partial charge < -0.3 is 14.6 Å². The first-order chi connectivity index (χ1) is 15.1. The van der Waals surface area contributed by atoms with E-state index in [9.17, 15) is 4.79 Å². The van der Waals surface area contributed by atoms with Gasteiger partial charge in [-0.05, 0) is 60.4 Å². The highest BCUT2D eigenvalue weighted by Crippen LogP contribution is 2.18. The highest BCUT2D eigenvalue weighted by Gasteiger charge is 2.08. The number of imidazole rings is 1. The van der Waals surface area contributed by atoms with E-state index in [1.165, 1.54) is 5.56 Å². The Kier molecular flexibility index (Phi) is 6.32. The highest BCUT2D eigenvalue weighted by molar-refractivity contribution is 5.90. The number of fused-ring (bicyclic) bond motifs is 1. The lowest BCUT2D eigenvalue weighted by Gasteiger charge is -2.08. The minimum Gasteiger partial charge on any atom is -0.497 e. The van der Waals surface area contributed by atoms with Gasteiger partial charge in [0.15, 0.2) is 0 Å². The van der Waals surface area contributed by atoms with E-state index < -0.39 is 0 Å². The van der Waals surface area contributed by atoms with Crippen LogP contribution in [0.3, 0.4) is 0 Å². The number of nitrogens with zero attached hydrogens (tertiary/aromatic N) is 2. The van der Waals surface area contributed by atoms with Crippen molar-refractivity contribution in [3.8, 4) is 5.75 Å². The van der Waals surface area contributed by atoms with Crippen molar-refractivity contribution in [1.82, 2.24) is 9.55 Å². The first-order valence-electron chi connectivity index (χ1n) is 10.5. The molecule has 3 aromatic carbocycles. The molecule has 1 aromatic heterocycles. The Morgan fingerprint density at radius 2 is 1.74 bits per heavy atom. The second-order valence-corrected chi connectivity index (χ2v) is 7.67. The van der Waals surface area contributed by atoms with Crippen LogP contribution in [-0.4, -0.2) is 22.6 Å². The summed E-state index contributed by atoms with van der Waals surface area (Å²) in [5.74, 6) is 1.90. The van der Waals surface area contributed by atoms with Gasteiger partial charge in [-0.1, -0.05) is 36.4 Å². The molecule has 1 heterocycles. The maximum atomic E-state index is 12.4. The quantitative estimate of drug-likeness (QED) is 0.445. The number of anilines is 1. The summed E-state index contributed by atoms with van der Waals surface area (Å²) >= 11 is 0. The predicted octanol–water partition coefficient (Wildman–Crippen LogP) is 4.94. The standard InChI is InChI=1S/C26H27N3O2/c1-29-24-9-4-3-8-23(24)28-25(29)16-12-20-6-5-7-21(18-20)27-26(30)17-13-19-10-14-22(31-2)15-11-19/h3-11,14-15,18H,12-13,16-17H2,1-2H3,(H,27,30). The second kappa shape index (κ2) is 9.47. The van der Waals surface area contributed by atoms with Crippen LogP contribution in [0.15, 0.2) is 72.8 Å². The van der Waals surface area contributed by atoms with Gasteiger partial charge in [0, 0.05) is 25.6 Å². The molecule has 0 saturated carbocycles. The molecular formula is C26H27N3O2. The third-order valence-electron chi connectivity index (χ3n) is 5.53. The fourth-order valence-corrected chi connectivity index (χ4v) is 3.75. The minimum absolute atomic E-state index is 0.0170. The van der Waals surface area contributed by atoms with Crippen LogP contribution in [0.5, 0.6) is 5.75 Å². The zero-order chi connectivity index (χ0) is 21.6. The van der Waals surface area contributed by atoms with Gasteiger partial charge in [0.1, 0.15) is 11.6 Å². The Hall–Kier alpha value is -3.60. The molecule has 4 aromatic rings. The van der Waals surface area contributed by atoms with E-state index in [-0.39, 0.29) is 5.91 Å². The summed E-state index contributed by atoms with van der Waals surface area (Å²) in [5, 5.41) is 3.02. The number of para-hydroxylation sites is 2. The van der Waals surface area contributed by atoms with Crippen molar-refractivity contribution in [2.45, 2.75) is 25.7 Å². The van der Waals surface area contributed by atoms with Gasteiger partial charge in [0.05, 0.1) is 18.1 Å². The highest BCUT2D eigenvalue weighted by atomic mass is 16.5. The Morgan fingerprint density at radius 1 is 0.935 bits per heavy atom. The van der Waals surface area contributed by atoms with Crippen molar-refractivity contribution in [2.24, 2.45) is 7.05 Å². The van der Waals surface area contributed by atoms with Crippen molar-refractivity contribution < 1.29 is 9.53 Å². The zero-order valence-corrected chi connectivity index (χ0v) is 18.0. The molecule has 0 aliphatic heterocycles. The van der Waals surface area contributed by atoms with Crippen LogP contribution in [0.2, 0.25) is 0 Å². The summed E-state index contributed by atoms with van der Waals surface area (Å²) in [5.41, 5.74) is 5.31. The van der Waals surface area contributed by atoms with E-state index >= 15 is 0 Å². The maximum Gasteiger partial charge on any atom is 0.224 e. The number of hydrogen-bond donors (Lipinski definition) is 1. The van der Waals surface area contributed by atoms with Crippen molar-refractivity contribution in [2.75, 3.05) is 12.4 Å². The third kappa shape index (κ3) is 5.12. The molecule has 0 unspecified atom stereocenters. The first kappa shape index (κ1) is 20.7. The number of aryl methyl sites for hydroxylation is 4. The van der Waals surface area contributed by atoms with Gasteiger partial charge in [0.25, 0.3) is 0 Å². The smallest absolute Gasteiger partial charge is 0.224 e. The molecule has 1 N–H and O–H groups in total. The molecule has 0 atom stereocenters. The largest absolute Gasteiger partial charge is 0.497 e. The molecule has 0 aliphatic rings. The van der Waals surface area contributed by atoms with Gasteiger partial charge in [-0.15, -0.1) is 0 Å². The maximum absolute atomic E-state index is 12.4. The van der Waals surface area contributed by atoms with Crippen LogP contribution in [0.4, 0.5) is 5.69 Å². The number of aromatic nitrogens is 2. The van der Waals surface area contributed by atoms with E-state index in [1.54, 1.807) is 7.11 Å². The van der Waals surface area contributed by atoms with Gasteiger partial charge >= 0.3 is 0 Å². The number of amides is 1. The van der Waals surface area contributed by atoms with Crippen molar-refractivity contribution in [3.63, 3.8) is 0 Å². The average Bonchev–Trinajstić information content (AvgIpc) is 3.12. The summed E-state index contributed by atoms with van der Waals surface area (Å²) in [6.45, 7) is 0. The molecule has 5 nitrogen and oxygen atoms in total. The molecule has 1 amide bonds. The number of ether oxygens (including phenoxy) is 1. The lowest BCUT2D eigenvalue weighted by atomic mass is 10.1. The lowest BCUT2D eigenvalue weighted by Crippen LogP contribution is -2.12. The molecule has 5 heteroatoms. The van der Waals surface area contributed by atoms with Gasteiger partial charge in [-0.3, -0.25) is 4.79 Å². The number of rotatable bonds is 8. The summed E-state index contributed by atoms with van der Waals surface area (Å²) in [6.07, 6.45) is 2.85. The molecule has 0 fully saturated rings. The molecule has 0 bridgehead atoms. The molecule has 4 rings (SSSR count). The number of hydrogen-bond acceptors (Lipinski definition) is 3. The molecular weight excluding hydrogens is 386 g/mol. The fraction of sp³-hybridized carbons (Fsp3) is 0.231. The molecule has 0 radical (unpaired) electrons. The number of methoxy groups -OCH3 is 1. The van der Waals surface area contributed by atoms with Crippen LogP contribution in [0, 0.1) is 0 Å². The summed E-state index contributed by atoms with van der Waals surface area (Å²) in [6, 6.07) is 24.1. The molecule has 31 heavy (non-hydrogen) atoms. The van der Waals surface area contributed by atoms with Crippen molar-refractivity contribution in [1.29, 1.82) is 0 Å². The Balaban J connectivity index is 1.33. The first-order valence-corrected chi connectivity index (χ1v) is 10.5. The summed E-state index contributed by atoms with van der Waals surface area (Å²) < 4.78 is 7.32. The number of carbonyl (C=O) groups excluding carboxylic acids is 1. The average molecular weight is 414 g/mol. The van der Waals surface area contributed by atoms with Crippen molar-refractivity contribution >= 4 is 22.6 Å². The number of carbonyl (C=O) groups is 1. The van der Waals surface area contributed by atoms with Crippen LogP contribution in [-0.2, 0) is 31.1 Å². The topological polar surface area (TPSA) is 56.1 Å². The zero-order valence-electron chi connectivity index (χ0n) is 18.0. The van der Waals surface area contributed by atoms with Crippen LogP contribution in [0.25, 0.3) is 11.0 Å². The monoisotopic (exact) mass is 413 g/mol. The Labute approximate surface area is 182 Å². The molecule has 0 aliphatic carbocycles. The van der Waals surface area contributed by atoms with Gasteiger partial charge in [0.2, 0.25) is 5.91 Å². The Morgan fingerprint density at radius 3 is 2.52 bits per heavy atom. The number of benzene rings is 3. The fourth-order valence-electron chi connectivity index (χ4n) is 3.75. The SMILES string of the molecule is COc1ccc(CCC(=O)Nc2cccc(CCc3nc4ccccc4n3C)c2)cc1. The van der Waals surface area contributed by atoms with Crippen LogP contribution < -0.4 is 10.1 Å². The van der Waals surface area contributed by atoms with Crippen LogP contribution in [0.1, 0.15) is 23.4 Å². The molecule has 0 saturated heterocycles. The summed E-state index contributed by atoms with van der Waals surface area (Å²) in [4.78, 5) is 17.1.